The molecule has 0 bridgehead atoms. The van der Waals surface area contributed by atoms with Crippen molar-refractivity contribution in [2.24, 2.45) is 0 Å². The van der Waals surface area contributed by atoms with Crippen molar-refractivity contribution in [1.82, 2.24) is 14.9 Å². The van der Waals surface area contributed by atoms with E-state index in [0.29, 0.717) is 27.4 Å². The van der Waals surface area contributed by atoms with Crippen LogP contribution in [0.5, 0.6) is 0 Å². The summed E-state index contributed by atoms with van der Waals surface area (Å²) in [6, 6.07) is 11.8. The molecule has 0 aliphatic heterocycles. The van der Waals surface area contributed by atoms with Gasteiger partial charge < -0.3 is 10.1 Å². The van der Waals surface area contributed by atoms with Gasteiger partial charge in [-0.25, -0.2) is 9.78 Å². The normalized spacial score (nSPS) is 12.6. The minimum Gasteiger partial charge on any atom is -0.444 e. The summed E-state index contributed by atoms with van der Waals surface area (Å²) in [7, 11) is 0. The highest BCUT2D eigenvalue weighted by atomic mass is 35.5. The molecule has 1 aromatic heterocycles. The van der Waals surface area contributed by atoms with Crippen molar-refractivity contribution in [2.45, 2.75) is 46.3 Å². The van der Waals surface area contributed by atoms with Crippen LogP contribution in [0, 0.1) is 6.92 Å². The molecule has 0 fully saturated rings. The Morgan fingerprint density at radius 2 is 1.90 bits per heavy atom. The Kier molecular flexibility index (Phi) is 5.66. The lowest BCUT2D eigenvalue weighted by molar-refractivity contribution is 0.0505. The minimum atomic E-state index is -0.635. The predicted octanol–water partition coefficient (Wildman–Crippen LogP) is 4.93. The fourth-order valence-corrected chi connectivity index (χ4v) is 3.26. The molecule has 7 heteroatoms. The Morgan fingerprint density at radius 1 is 1.21 bits per heavy atom. The van der Waals surface area contributed by atoms with Crippen LogP contribution in [0.1, 0.15) is 45.1 Å². The van der Waals surface area contributed by atoms with Crippen molar-refractivity contribution >= 4 is 28.6 Å². The molecular weight excluding hydrogens is 390 g/mol. The van der Waals surface area contributed by atoms with E-state index in [0.717, 1.165) is 5.56 Å². The van der Waals surface area contributed by atoms with E-state index in [1.165, 1.54) is 4.57 Å². The summed E-state index contributed by atoms with van der Waals surface area (Å²) in [5.74, 6) is 0.393. The molecule has 0 saturated carbocycles. The number of aromatic nitrogens is 2. The Morgan fingerprint density at radius 3 is 2.55 bits per heavy atom. The molecular formula is C22H24ClN3O3. The molecule has 1 N–H and O–H groups in total. The van der Waals surface area contributed by atoms with Crippen molar-refractivity contribution < 1.29 is 9.53 Å². The number of fused-ring (bicyclic) bond motifs is 1. The van der Waals surface area contributed by atoms with Crippen molar-refractivity contribution in [2.75, 3.05) is 0 Å². The lowest BCUT2D eigenvalue weighted by Crippen LogP contribution is -2.37. The predicted molar refractivity (Wildman–Crippen MR) is 115 cm³/mol. The zero-order valence-electron chi connectivity index (χ0n) is 17.1. The minimum absolute atomic E-state index is 0.228. The molecule has 0 saturated heterocycles. The number of nitrogens with zero attached hydrogens (tertiary/aromatic N) is 2. The topological polar surface area (TPSA) is 73.2 Å². The van der Waals surface area contributed by atoms with E-state index in [4.69, 9.17) is 21.3 Å². The summed E-state index contributed by atoms with van der Waals surface area (Å²) in [5.41, 5.74) is 1.19. The van der Waals surface area contributed by atoms with Gasteiger partial charge in [0.25, 0.3) is 5.56 Å². The van der Waals surface area contributed by atoms with Crippen LogP contribution in [0.3, 0.4) is 0 Å². The third-order valence-corrected chi connectivity index (χ3v) is 4.55. The molecule has 1 amide bonds. The van der Waals surface area contributed by atoms with Crippen LogP contribution in [0.15, 0.2) is 47.3 Å². The number of halogens is 1. The molecule has 29 heavy (non-hydrogen) atoms. The van der Waals surface area contributed by atoms with E-state index in [1.54, 1.807) is 58.0 Å². The highest BCUT2D eigenvalue weighted by Crippen LogP contribution is 2.22. The van der Waals surface area contributed by atoms with Gasteiger partial charge in [0, 0.05) is 5.02 Å². The molecule has 1 atom stereocenters. The average molecular weight is 414 g/mol. The number of hydrogen-bond donors (Lipinski definition) is 1. The van der Waals surface area contributed by atoms with E-state index in [9.17, 15) is 9.59 Å². The number of nitrogens with one attached hydrogen (secondary N) is 1. The van der Waals surface area contributed by atoms with Gasteiger partial charge in [-0.15, -0.1) is 0 Å². The number of carbonyl (C=O) groups excluding carboxylic acids is 1. The first kappa shape index (κ1) is 20.9. The molecule has 1 heterocycles. The zero-order chi connectivity index (χ0) is 21.3. The first-order valence-electron chi connectivity index (χ1n) is 9.34. The Bertz CT molecular complexity index is 1130. The molecule has 0 radical (unpaired) electrons. The van der Waals surface area contributed by atoms with E-state index in [-0.39, 0.29) is 5.56 Å². The highest BCUT2D eigenvalue weighted by Gasteiger charge is 2.23. The molecule has 152 valence electrons. The summed E-state index contributed by atoms with van der Waals surface area (Å²) < 4.78 is 6.83. The number of rotatable bonds is 3. The van der Waals surface area contributed by atoms with Crippen LogP contribution < -0.4 is 10.9 Å². The number of amides is 1. The smallest absolute Gasteiger partial charge is 0.408 e. The summed E-state index contributed by atoms with van der Waals surface area (Å²) in [4.78, 5) is 30.4. The quantitative estimate of drug-likeness (QED) is 0.660. The number of benzene rings is 2. The maximum atomic E-state index is 13.4. The zero-order valence-corrected chi connectivity index (χ0v) is 17.9. The van der Waals surface area contributed by atoms with Gasteiger partial charge in [-0.3, -0.25) is 9.36 Å². The standard InChI is InChI=1S/C22H24ClN3O3/c1-13-8-6-11-17-18(13)25-19(14(2)24-21(28)29-22(3,4)5)26(20(17)27)16-10-7-9-15(23)12-16/h6-12,14H,1-5H3,(H,24,28)/t14-/m0/s1. The largest absolute Gasteiger partial charge is 0.444 e. The number of hydrogen-bond acceptors (Lipinski definition) is 4. The lowest BCUT2D eigenvalue weighted by atomic mass is 10.1. The van der Waals surface area contributed by atoms with Crippen molar-refractivity contribution in [3.05, 3.63) is 69.2 Å². The van der Waals surface area contributed by atoms with Gasteiger partial charge in [0.1, 0.15) is 11.4 Å². The molecule has 3 rings (SSSR count). The van der Waals surface area contributed by atoms with Crippen LogP contribution in [0.25, 0.3) is 16.6 Å². The molecule has 0 spiro atoms. The summed E-state index contributed by atoms with van der Waals surface area (Å²) >= 11 is 6.15. The molecule has 0 unspecified atom stereocenters. The van der Waals surface area contributed by atoms with Gasteiger partial charge >= 0.3 is 6.09 Å². The van der Waals surface area contributed by atoms with E-state index in [2.05, 4.69) is 5.32 Å². The van der Waals surface area contributed by atoms with Crippen molar-refractivity contribution in [3.63, 3.8) is 0 Å². The van der Waals surface area contributed by atoms with Gasteiger partial charge in [-0.2, -0.15) is 0 Å². The maximum absolute atomic E-state index is 13.4. The SMILES string of the molecule is Cc1cccc2c(=O)n(-c3cccc(Cl)c3)c([C@H](C)NC(=O)OC(C)(C)C)nc12. The van der Waals surface area contributed by atoms with E-state index < -0.39 is 17.7 Å². The maximum Gasteiger partial charge on any atom is 0.408 e. The monoisotopic (exact) mass is 413 g/mol. The fourth-order valence-electron chi connectivity index (χ4n) is 3.07. The van der Waals surface area contributed by atoms with Crippen LogP contribution in [-0.4, -0.2) is 21.2 Å². The van der Waals surface area contributed by atoms with Crippen molar-refractivity contribution in [1.29, 1.82) is 0 Å². The molecule has 3 aromatic rings. The van der Waals surface area contributed by atoms with Gasteiger partial charge in [0.2, 0.25) is 0 Å². The lowest BCUT2D eigenvalue weighted by Gasteiger charge is -2.23. The number of alkyl carbamates (subject to hydrolysis) is 1. The van der Waals surface area contributed by atoms with Gasteiger partial charge in [0.15, 0.2) is 0 Å². The summed E-state index contributed by atoms with van der Waals surface area (Å²) in [6.45, 7) is 9.02. The third-order valence-electron chi connectivity index (χ3n) is 4.31. The Labute approximate surface area is 174 Å². The van der Waals surface area contributed by atoms with Gasteiger partial charge in [-0.1, -0.05) is 29.8 Å². The second-order valence-corrected chi connectivity index (χ2v) is 8.37. The second-order valence-electron chi connectivity index (χ2n) is 7.93. The second kappa shape index (κ2) is 7.87. The van der Waals surface area contributed by atoms with Crippen LogP contribution in [-0.2, 0) is 4.74 Å². The average Bonchev–Trinajstić information content (AvgIpc) is 2.60. The molecule has 0 aliphatic carbocycles. The third kappa shape index (κ3) is 4.59. The number of carbonyl (C=O) groups is 1. The first-order chi connectivity index (χ1) is 13.6. The van der Waals surface area contributed by atoms with Crippen molar-refractivity contribution in [3.8, 4) is 5.69 Å². The molecule has 2 aromatic carbocycles. The molecule has 0 aliphatic rings. The summed E-state index contributed by atoms with van der Waals surface area (Å²) in [6.07, 6.45) is -0.582. The molecule has 6 nitrogen and oxygen atoms in total. The van der Waals surface area contributed by atoms with Gasteiger partial charge in [-0.05, 0) is 64.4 Å². The van der Waals surface area contributed by atoms with Crippen LogP contribution in [0.2, 0.25) is 5.02 Å². The number of para-hydroxylation sites is 1. The number of ether oxygens (including phenoxy) is 1. The van der Waals surface area contributed by atoms with Gasteiger partial charge in [0.05, 0.1) is 22.6 Å². The van der Waals surface area contributed by atoms with Crippen LogP contribution >= 0.6 is 11.6 Å². The van der Waals surface area contributed by atoms with E-state index in [1.807, 2.05) is 19.1 Å². The van der Waals surface area contributed by atoms with E-state index >= 15 is 0 Å². The Hall–Kier alpha value is -2.86. The highest BCUT2D eigenvalue weighted by molar-refractivity contribution is 6.30. The Balaban J connectivity index is 2.18. The summed E-state index contributed by atoms with van der Waals surface area (Å²) in [5, 5.41) is 3.77. The van der Waals surface area contributed by atoms with Crippen LogP contribution in [0.4, 0.5) is 4.79 Å². The first-order valence-corrected chi connectivity index (χ1v) is 9.72. The fraction of sp³-hybridized carbons (Fsp3) is 0.318. The number of aryl methyl sites for hydroxylation is 1.